The van der Waals surface area contributed by atoms with Crippen molar-refractivity contribution < 1.29 is 9.84 Å². The minimum Gasteiger partial charge on any atom is -0.394 e. The zero-order chi connectivity index (χ0) is 11.7. The van der Waals surface area contributed by atoms with E-state index in [1.54, 1.807) is 0 Å². The summed E-state index contributed by atoms with van der Waals surface area (Å²) in [5, 5.41) is 8.90. The highest BCUT2D eigenvalue weighted by atomic mass is 16.5. The zero-order valence-corrected chi connectivity index (χ0v) is 8.55. The molecule has 0 spiro atoms. The molecule has 0 bridgehead atoms. The van der Waals surface area contributed by atoms with E-state index in [1.165, 1.54) is 10.8 Å². The molecule has 1 aromatic rings. The lowest BCUT2D eigenvalue weighted by Gasteiger charge is -2.14. The van der Waals surface area contributed by atoms with E-state index in [1.807, 2.05) is 0 Å². The average Bonchev–Trinajstić information content (AvgIpc) is 2.71. The van der Waals surface area contributed by atoms with Crippen LogP contribution in [0.3, 0.4) is 0 Å². The number of hydrogen-bond acceptors (Lipinski definition) is 5. The molecule has 7 nitrogen and oxygen atoms in total. The Bertz CT molecular complexity index is 492. The third-order valence-corrected chi connectivity index (χ3v) is 2.59. The number of H-pyrrole nitrogens is 1. The number of ether oxygens (including phenoxy) is 1. The topological polar surface area (TPSA) is 110 Å². The minimum absolute atomic E-state index is 0.0318. The summed E-state index contributed by atoms with van der Waals surface area (Å²) in [6.07, 6.45) is 1.82. The summed E-state index contributed by atoms with van der Waals surface area (Å²) in [7, 11) is 0. The number of aromatic amines is 1. The fourth-order valence-electron chi connectivity index (χ4n) is 1.74. The van der Waals surface area contributed by atoms with Crippen LogP contribution in [-0.2, 0) is 4.74 Å². The number of nitrogens with two attached hydrogens (primary N) is 1. The van der Waals surface area contributed by atoms with Crippen molar-refractivity contribution in [3.8, 4) is 0 Å². The Morgan fingerprint density at radius 3 is 2.94 bits per heavy atom. The van der Waals surface area contributed by atoms with Gasteiger partial charge in [0, 0.05) is 6.20 Å². The monoisotopic (exact) mass is 227 g/mol. The van der Waals surface area contributed by atoms with E-state index < -0.39 is 17.5 Å². The lowest BCUT2D eigenvalue weighted by atomic mass is 10.2. The van der Waals surface area contributed by atoms with Crippen molar-refractivity contribution in [2.75, 3.05) is 12.3 Å². The second-order valence-electron chi connectivity index (χ2n) is 3.72. The van der Waals surface area contributed by atoms with Crippen molar-refractivity contribution in [1.29, 1.82) is 0 Å². The number of nitrogen functional groups attached to an aromatic ring is 1. The largest absolute Gasteiger partial charge is 0.394 e. The van der Waals surface area contributed by atoms with Crippen molar-refractivity contribution in [2.24, 2.45) is 0 Å². The molecular weight excluding hydrogens is 214 g/mol. The van der Waals surface area contributed by atoms with Crippen LogP contribution in [0.25, 0.3) is 0 Å². The number of rotatable bonds is 2. The summed E-state index contributed by atoms with van der Waals surface area (Å²) in [5.74, 6) is 0. The lowest BCUT2D eigenvalue weighted by molar-refractivity contribution is -0.0245. The number of hydrogen-bond donors (Lipinski definition) is 3. The van der Waals surface area contributed by atoms with Crippen LogP contribution in [0.5, 0.6) is 0 Å². The van der Waals surface area contributed by atoms with Crippen LogP contribution in [0.1, 0.15) is 19.1 Å². The van der Waals surface area contributed by atoms with Gasteiger partial charge in [-0.3, -0.25) is 14.3 Å². The molecular formula is C9H13N3O4. The van der Waals surface area contributed by atoms with Crippen LogP contribution in [0.4, 0.5) is 5.69 Å². The molecule has 0 radical (unpaired) electrons. The standard InChI is InChI=1S/C9H13N3O4/c10-6-3-12(9(15)11-8(6)14)7-2-1-5(4-13)16-7/h3,5,7,13H,1-2,4,10H2,(H,11,14,15)/t5-,7-/m0/s1. The van der Waals surface area contributed by atoms with Gasteiger partial charge in [0.25, 0.3) is 5.56 Å². The molecule has 1 aliphatic rings. The van der Waals surface area contributed by atoms with Crippen LogP contribution in [-0.4, -0.2) is 27.4 Å². The van der Waals surface area contributed by atoms with Crippen molar-refractivity contribution >= 4 is 5.69 Å². The molecule has 2 atom stereocenters. The van der Waals surface area contributed by atoms with Crippen LogP contribution in [0.2, 0.25) is 0 Å². The minimum atomic E-state index is -0.599. The highest BCUT2D eigenvalue weighted by Gasteiger charge is 2.26. The van der Waals surface area contributed by atoms with Gasteiger partial charge < -0.3 is 15.6 Å². The predicted octanol–water partition coefficient (Wildman–Crippen LogP) is -1.21. The van der Waals surface area contributed by atoms with Crippen molar-refractivity contribution in [3.05, 3.63) is 27.0 Å². The van der Waals surface area contributed by atoms with Gasteiger partial charge in [-0.25, -0.2) is 4.79 Å². The molecule has 88 valence electrons. The smallest absolute Gasteiger partial charge is 0.330 e. The molecule has 2 heterocycles. The second-order valence-corrected chi connectivity index (χ2v) is 3.72. The molecule has 0 amide bonds. The highest BCUT2D eigenvalue weighted by molar-refractivity contribution is 5.30. The van der Waals surface area contributed by atoms with Gasteiger partial charge in [0.2, 0.25) is 0 Å². The molecule has 16 heavy (non-hydrogen) atoms. The molecule has 4 N–H and O–H groups in total. The number of aliphatic hydroxyl groups is 1. The third-order valence-electron chi connectivity index (χ3n) is 2.59. The Hall–Kier alpha value is -1.60. The molecule has 1 saturated heterocycles. The summed E-state index contributed by atoms with van der Waals surface area (Å²) in [6, 6.07) is 0. The van der Waals surface area contributed by atoms with E-state index >= 15 is 0 Å². The maximum absolute atomic E-state index is 11.5. The Morgan fingerprint density at radius 1 is 1.56 bits per heavy atom. The maximum atomic E-state index is 11.5. The van der Waals surface area contributed by atoms with E-state index in [4.69, 9.17) is 15.6 Å². The first-order valence-electron chi connectivity index (χ1n) is 4.99. The first-order chi connectivity index (χ1) is 7.61. The third kappa shape index (κ3) is 1.86. The van der Waals surface area contributed by atoms with Gasteiger partial charge in [0.05, 0.1) is 12.7 Å². The quantitative estimate of drug-likeness (QED) is 0.587. The van der Waals surface area contributed by atoms with Crippen LogP contribution < -0.4 is 17.0 Å². The van der Waals surface area contributed by atoms with Gasteiger partial charge in [-0.2, -0.15) is 0 Å². The van der Waals surface area contributed by atoms with Crippen molar-refractivity contribution in [3.63, 3.8) is 0 Å². The van der Waals surface area contributed by atoms with Crippen molar-refractivity contribution in [1.82, 2.24) is 9.55 Å². The Balaban J connectivity index is 2.32. The normalized spacial score (nSPS) is 24.8. The van der Waals surface area contributed by atoms with Crippen LogP contribution in [0.15, 0.2) is 15.8 Å². The Kier molecular flexibility index (Phi) is 2.80. The van der Waals surface area contributed by atoms with Gasteiger partial charge in [0.1, 0.15) is 11.9 Å². The van der Waals surface area contributed by atoms with Gasteiger partial charge >= 0.3 is 5.69 Å². The molecule has 1 aromatic heterocycles. The SMILES string of the molecule is Nc1cn([C@@H]2CC[C@@H](CO)O2)c(=O)[nH]c1=O. The van der Waals surface area contributed by atoms with E-state index in [2.05, 4.69) is 4.98 Å². The van der Waals surface area contributed by atoms with E-state index in [9.17, 15) is 9.59 Å². The molecule has 0 saturated carbocycles. The lowest BCUT2D eigenvalue weighted by Crippen LogP contribution is -2.33. The molecule has 1 aliphatic heterocycles. The predicted molar refractivity (Wildman–Crippen MR) is 56.0 cm³/mol. The Morgan fingerprint density at radius 2 is 2.31 bits per heavy atom. The first-order valence-corrected chi connectivity index (χ1v) is 4.99. The first kappa shape index (κ1) is 10.9. The molecule has 0 aliphatic carbocycles. The summed E-state index contributed by atoms with van der Waals surface area (Å²) in [6.45, 7) is -0.0793. The maximum Gasteiger partial charge on any atom is 0.330 e. The van der Waals surface area contributed by atoms with Gasteiger partial charge in [-0.15, -0.1) is 0 Å². The van der Waals surface area contributed by atoms with E-state index in [0.717, 1.165) is 0 Å². The summed E-state index contributed by atoms with van der Waals surface area (Å²) < 4.78 is 6.65. The average molecular weight is 227 g/mol. The second kappa shape index (κ2) is 4.11. The fourth-order valence-corrected chi connectivity index (χ4v) is 1.74. The number of aliphatic hydroxyl groups excluding tert-OH is 1. The van der Waals surface area contributed by atoms with Gasteiger partial charge in [0.15, 0.2) is 0 Å². The summed E-state index contributed by atoms with van der Waals surface area (Å²) >= 11 is 0. The van der Waals surface area contributed by atoms with Crippen LogP contribution >= 0.6 is 0 Å². The van der Waals surface area contributed by atoms with E-state index in [0.29, 0.717) is 12.8 Å². The summed E-state index contributed by atoms with van der Waals surface area (Å²) in [5.41, 5.74) is 4.23. The highest BCUT2D eigenvalue weighted by Crippen LogP contribution is 2.26. The molecule has 0 aromatic carbocycles. The number of nitrogens with zero attached hydrogens (tertiary/aromatic N) is 1. The summed E-state index contributed by atoms with van der Waals surface area (Å²) in [4.78, 5) is 24.6. The van der Waals surface area contributed by atoms with Gasteiger partial charge in [-0.1, -0.05) is 0 Å². The number of aromatic nitrogens is 2. The van der Waals surface area contributed by atoms with Crippen molar-refractivity contribution in [2.45, 2.75) is 25.2 Å². The molecule has 7 heteroatoms. The number of anilines is 1. The Labute approximate surface area is 90.5 Å². The fraction of sp³-hybridized carbons (Fsp3) is 0.556. The van der Waals surface area contributed by atoms with E-state index in [-0.39, 0.29) is 18.4 Å². The molecule has 2 rings (SSSR count). The van der Waals surface area contributed by atoms with Crippen LogP contribution in [0, 0.1) is 0 Å². The molecule has 0 unspecified atom stereocenters. The molecule has 1 fully saturated rings. The zero-order valence-electron chi connectivity index (χ0n) is 8.55. The van der Waals surface area contributed by atoms with Gasteiger partial charge in [-0.05, 0) is 12.8 Å². The number of nitrogens with one attached hydrogen (secondary N) is 1.